The Bertz CT molecular complexity index is 562. The second-order valence-electron chi connectivity index (χ2n) is 4.78. The highest BCUT2D eigenvalue weighted by molar-refractivity contribution is 7.89. The van der Waals surface area contributed by atoms with Gasteiger partial charge in [0, 0.05) is 17.6 Å². The molecular weight excluding hydrogens is 288 g/mol. The SMILES string of the molecule is CN1CCC(NS(=O)(=O)c2ccc(CO)c(Cl)c2)C1. The maximum Gasteiger partial charge on any atom is 0.240 e. The van der Waals surface area contributed by atoms with Gasteiger partial charge in [0.25, 0.3) is 0 Å². The fourth-order valence-electron chi connectivity index (χ4n) is 2.14. The number of halogens is 1. The Kier molecular flexibility index (Phi) is 4.47. The fraction of sp³-hybridized carbons (Fsp3) is 0.500. The topological polar surface area (TPSA) is 69.6 Å². The summed E-state index contributed by atoms with van der Waals surface area (Å²) >= 11 is 5.91. The molecular formula is C12H17ClN2O3S. The summed E-state index contributed by atoms with van der Waals surface area (Å²) in [7, 11) is -1.60. The van der Waals surface area contributed by atoms with Gasteiger partial charge in [-0.15, -0.1) is 0 Å². The van der Waals surface area contributed by atoms with Crippen LogP contribution in [0.15, 0.2) is 23.1 Å². The zero-order chi connectivity index (χ0) is 14.0. The van der Waals surface area contributed by atoms with Crippen molar-refractivity contribution < 1.29 is 13.5 Å². The van der Waals surface area contributed by atoms with Crippen LogP contribution in [-0.2, 0) is 16.6 Å². The van der Waals surface area contributed by atoms with Crippen LogP contribution < -0.4 is 4.72 Å². The van der Waals surface area contributed by atoms with Gasteiger partial charge in [-0.3, -0.25) is 0 Å². The Hall–Kier alpha value is -0.660. The third-order valence-corrected chi connectivity index (χ3v) is 5.09. The lowest BCUT2D eigenvalue weighted by molar-refractivity contribution is 0.282. The minimum Gasteiger partial charge on any atom is -0.392 e. The summed E-state index contributed by atoms with van der Waals surface area (Å²) in [6.07, 6.45) is 0.804. The molecule has 5 nitrogen and oxygen atoms in total. The second-order valence-corrected chi connectivity index (χ2v) is 6.90. The number of aliphatic hydroxyl groups excluding tert-OH is 1. The van der Waals surface area contributed by atoms with Gasteiger partial charge in [-0.05, 0) is 37.7 Å². The molecule has 0 bridgehead atoms. The van der Waals surface area contributed by atoms with Crippen molar-refractivity contribution in [3.05, 3.63) is 28.8 Å². The number of likely N-dealkylation sites (tertiary alicyclic amines) is 1. The number of hydrogen-bond donors (Lipinski definition) is 2. The molecule has 1 fully saturated rings. The van der Waals surface area contributed by atoms with E-state index in [-0.39, 0.29) is 22.6 Å². The molecule has 0 amide bonds. The van der Waals surface area contributed by atoms with Gasteiger partial charge >= 0.3 is 0 Å². The molecule has 7 heteroatoms. The summed E-state index contributed by atoms with van der Waals surface area (Å²) in [5.41, 5.74) is 0.515. The highest BCUT2D eigenvalue weighted by Crippen LogP contribution is 2.21. The van der Waals surface area contributed by atoms with E-state index >= 15 is 0 Å². The van der Waals surface area contributed by atoms with Gasteiger partial charge in [-0.1, -0.05) is 17.7 Å². The van der Waals surface area contributed by atoms with E-state index in [4.69, 9.17) is 16.7 Å². The number of benzene rings is 1. The van der Waals surface area contributed by atoms with Crippen molar-refractivity contribution >= 4 is 21.6 Å². The van der Waals surface area contributed by atoms with Crippen LogP contribution in [0.25, 0.3) is 0 Å². The molecule has 2 rings (SSSR count). The zero-order valence-corrected chi connectivity index (χ0v) is 12.2. The average molecular weight is 305 g/mol. The molecule has 1 aliphatic heterocycles. The number of aliphatic hydroxyl groups is 1. The van der Waals surface area contributed by atoms with Crippen LogP contribution in [0.1, 0.15) is 12.0 Å². The van der Waals surface area contributed by atoms with Crippen LogP contribution in [0.4, 0.5) is 0 Å². The first-order valence-corrected chi connectivity index (χ1v) is 7.88. The van der Waals surface area contributed by atoms with Gasteiger partial charge in [0.1, 0.15) is 0 Å². The molecule has 106 valence electrons. The first kappa shape index (κ1) is 14.7. The molecule has 19 heavy (non-hydrogen) atoms. The van der Waals surface area contributed by atoms with Crippen molar-refractivity contribution in [3.8, 4) is 0 Å². The summed E-state index contributed by atoms with van der Waals surface area (Å²) in [4.78, 5) is 2.21. The smallest absolute Gasteiger partial charge is 0.240 e. The Morgan fingerprint density at radius 1 is 1.53 bits per heavy atom. The lowest BCUT2D eigenvalue weighted by atomic mass is 10.2. The van der Waals surface area contributed by atoms with Crippen LogP contribution in [0.3, 0.4) is 0 Å². The molecule has 1 aromatic carbocycles. The van der Waals surface area contributed by atoms with Crippen LogP contribution in [0.2, 0.25) is 5.02 Å². The van der Waals surface area contributed by atoms with E-state index in [1.165, 1.54) is 18.2 Å². The third-order valence-electron chi connectivity index (χ3n) is 3.22. The maximum atomic E-state index is 12.2. The second kappa shape index (κ2) is 5.76. The van der Waals surface area contributed by atoms with Gasteiger partial charge in [0.15, 0.2) is 0 Å². The summed E-state index contributed by atoms with van der Waals surface area (Å²) in [6.45, 7) is 1.39. The van der Waals surface area contributed by atoms with Gasteiger partial charge in [0.05, 0.1) is 11.5 Å². The molecule has 0 saturated carbocycles. The van der Waals surface area contributed by atoms with E-state index in [1.54, 1.807) is 0 Å². The van der Waals surface area contributed by atoms with Crippen molar-refractivity contribution in [2.45, 2.75) is 24.0 Å². The molecule has 0 aliphatic carbocycles. The molecule has 1 aliphatic rings. The number of nitrogens with one attached hydrogen (secondary N) is 1. The maximum absolute atomic E-state index is 12.2. The van der Waals surface area contributed by atoms with Crippen LogP contribution in [-0.4, -0.2) is 44.6 Å². The van der Waals surface area contributed by atoms with E-state index in [9.17, 15) is 8.42 Å². The van der Waals surface area contributed by atoms with Crippen molar-refractivity contribution in [1.29, 1.82) is 0 Å². The van der Waals surface area contributed by atoms with E-state index < -0.39 is 10.0 Å². The fourth-order valence-corrected chi connectivity index (χ4v) is 3.73. The minimum atomic E-state index is -3.56. The lowest BCUT2D eigenvalue weighted by Gasteiger charge is -2.14. The largest absolute Gasteiger partial charge is 0.392 e. The van der Waals surface area contributed by atoms with Gasteiger partial charge in [0.2, 0.25) is 10.0 Å². The van der Waals surface area contributed by atoms with Crippen molar-refractivity contribution in [2.75, 3.05) is 20.1 Å². The van der Waals surface area contributed by atoms with Gasteiger partial charge in [-0.2, -0.15) is 0 Å². The summed E-state index contributed by atoms with van der Waals surface area (Å²) in [5.74, 6) is 0. The molecule has 1 heterocycles. The molecule has 1 unspecified atom stereocenters. The number of rotatable bonds is 4. The molecule has 0 aromatic heterocycles. The Balaban J connectivity index is 2.17. The summed E-state index contributed by atoms with van der Waals surface area (Å²) in [6, 6.07) is 4.29. The normalized spacial score (nSPS) is 20.9. The van der Waals surface area contributed by atoms with Crippen molar-refractivity contribution in [1.82, 2.24) is 9.62 Å². The lowest BCUT2D eigenvalue weighted by Crippen LogP contribution is -2.36. The number of hydrogen-bond acceptors (Lipinski definition) is 4. The van der Waals surface area contributed by atoms with E-state index in [0.717, 1.165) is 13.0 Å². The predicted molar refractivity (Wildman–Crippen MR) is 73.6 cm³/mol. The Morgan fingerprint density at radius 2 is 2.26 bits per heavy atom. The highest BCUT2D eigenvalue weighted by Gasteiger charge is 2.25. The Morgan fingerprint density at radius 3 is 2.79 bits per heavy atom. The highest BCUT2D eigenvalue weighted by atomic mass is 35.5. The predicted octanol–water partition coefficient (Wildman–Crippen LogP) is 0.815. The van der Waals surface area contributed by atoms with Crippen molar-refractivity contribution in [2.24, 2.45) is 0 Å². The summed E-state index contributed by atoms with van der Waals surface area (Å²) in [5, 5.41) is 9.27. The quantitative estimate of drug-likeness (QED) is 0.864. The molecule has 0 spiro atoms. The summed E-state index contributed by atoms with van der Waals surface area (Å²) < 4.78 is 27.1. The molecule has 1 atom stereocenters. The van der Waals surface area contributed by atoms with E-state index in [0.29, 0.717) is 12.1 Å². The molecule has 1 aromatic rings. The number of nitrogens with zero attached hydrogens (tertiary/aromatic N) is 1. The van der Waals surface area contributed by atoms with Gasteiger partial charge in [-0.25, -0.2) is 13.1 Å². The minimum absolute atomic E-state index is 0.0636. The van der Waals surface area contributed by atoms with E-state index in [2.05, 4.69) is 9.62 Å². The zero-order valence-electron chi connectivity index (χ0n) is 10.6. The molecule has 0 radical (unpaired) electrons. The third kappa shape index (κ3) is 3.46. The van der Waals surface area contributed by atoms with Crippen LogP contribution in [0.5, 0.6) is 0 Å². The van der Waals surface area contributed by atoms with Crippen LogP contribution >= 0.6 is 11.6 Å². The first-order valence-electron chi connectivity index (χ1n) is 6.02. The average Bonchev–Trinajstić information content (AvgIpc) is 2.73. The first-order chi connectivity index (χ1) is 8.92. The Labute approximate surface area is 118 Å². The monoisotopic (exact) mass is 304 g/mol. The standard InChI is InChI=1S/C12H17ClN2O3S/c1-15-5-4-10(7-15)14-19(17,18)11-3-2-9(8-16)12(13)6-11/h2-3,6,10,14,16H,4-5,7-8H2,1H3. The van der Waals surface area contributed by atoms with Gasteiger partial charge < -0.3 is 10.0 Å². The number of sulfonamides is 1. The molecule has 1 saturated heterocycles. The van der Waals surface area contributed by atoms with Crippen LogP contribution in [0, 0.1) is 0 Å². The van der Waals surface area contributed by atoms with E-state index in [1.807, 2.05) is 7.05 Å². The van der Waals surface area contributed by atoms with Crippen molar-refractivity contribution in [3.63, 3.8) is 0 Å². The number of likely N-dealkylation sites (N-methyl/N-ethyl adjacent to an activating group) is 1. The molecule has 2 N–H and O–H groups in total.